The Morgan fingerprint density at radius 2 is 1.84 bits per heavy atom. The van der Waals surface area contributed by atoms with Crippen LogP contribution in [0.4, 0.5) is 8.78 Å². The Labute approximate surface area is 114 Å². The van der Waals surface area contributed by atoms with Gasteiger partial charge in [-0.25, -0.2) is 8.78 Å². The maximum Gasteiger partial charge on any atom is 0.142 e. The van der Waals surface area contributed by atoms with Gasteiger partial charge in [0, 0.05) is 18.1 Å². The predicted octanol–water partition coefficient (Wildman–Crippen LogP) is 4.62. The van der Waals surface area contributed by atoms with Gasteiger partial charge in [0.05, 0.1) is 10.5 Å². The minimum atomic E-state index is -0.443. The summed E-state index contributed by atoms with van der Waals surface area (Å²) in [6.45, 7) is 0.473. The summed E-state index contributed by atoms with van der Waals surface area (Å²) >= 11 is 5.65. The number of fused-ring (bicyclic) bond motifs is 1. The van der Waals surface area contributed by atoms with Crippen molar-refractivity contribution in [2.45, 2.75) is 6.54 Å². The van der Waals surface area contributed by atoms with Crippen molar-refractivity contribution in [2.24, 2.45) is 0 Å². The van der Waals surface area contributed by atoms with Gasteiger partial charge in [-0.15, -0.1) is 0 Å². The molecule has 1 heterocycles. The number of halogens is 3. The minimum absolute atomic E-state index is 0.104. The van der Waals surface area contributed by atoms with Crippen LogP contribution in [0.2, 0.25) is 5.02 Å². The normalized spacial score (nSPS) is 11.1. The fourth-order valence-electron chi connectivity index (χ4n) is 2.16. The van der Waals surface area contributed by atoms with E-state index in [1.54, 1.807) is 24.4 Å². The third kappa shape index (κ3) is 2.22. The molecule has 3 rings (SSSR count). The van der Waals surface area contributed by atoms with Crippen LogP contribution >= 0.6 is 11.6 Å². The van der Waals surface area contributed by atoms with Crippen LogP contribution in [0.5, 0.6) is 0 Å². The molecule has 0 spiro atoms. The van der Waals surface area contributed by atoms with Gasteiger partial charge in [0.2, 0.25) is 0 Å². The molecule has 0 saturated heterocycles. The van der Waals surface area contributed by atoms with E-state index in [-0.39, 0.29) is 10.8 Å². The molecule has 96 valence electrons. The Bertz CT molecular complexity index is 749. The van der Waals surface area contributed by atoms with Crippen molar-refractivity contribution < 1.29 is 8.78 Å². The first-order valence-corrected chi connectivity index (χ1v) is 6.20. The summed E-state index contributed by atoms with van der Waals surface area (Å²) in [5, 5.41) is 0.670. The first-order chi connectivity index (χ1) is 9.15. The van der Waals surface area contributed by atoms with E-state index in [1.165, 1.54) is 18.2 Å². The number of hydrogen-bond acceptors (Lipinski definition) is 0. The van der Waals surface area contributed by atoms with E-state index in [2.05, 4.69) is 0 Å². The van der Waals surface area contributed by atoms with Gasteiger partial charge in [0.25, 0.3) is 0 Å². The van der Waals surface area contributed by atoms with Crippen LogP contribution < -0.4 is 0 Å². The summed E-state index contributed by atoms with van der Waals surface area (Å²) in [7, 11) is 0. The average molecular weight is 278 g/mol. The smallest absolute Gasteiger partial charge is 0.142 e. The highest BCUT2D eigenvalue weighted by Gasteiger charge is 2.07. The first kappa shape index (κ1) is 12.2. The summed E-state index contributed by atoms with van der Waals surface area (Å²) in [4.78, 5) is 0. The third-order valence-corrected chi connectivity index (χ3v) is 3.40. The second-order valence-electron chi connectivity index (χ2n) is 4.36. The fraction of sp³-hybridized carbons (Fsp3) is 0.0667. The molecule has 19 heavy (non-hydrogen) atoms. The van der Waals surface area contributed by atoms with E-state index in [9.17, 15) is 8.78 Å². The van der Waals surface area contributed by atoms with Gasteiger partial charge in [-0.1, -0.05) is 23.7 Å². The standard InChI is InChI=1S/C15H10ClF2N/c16-12-5-4-10(8-14(12)18)9-19-7-6-11-13(17)2-1-3-15(11)19/h1-8H,9H2. The van der Waals surface area contributed by atoms with Crippen LogP contribution in [0.15, 0.2) is 48.7 Å². The molecule has 4 heteroatoms. The third-order valence-electron chi connectivity index (χ3n) is 3.10. The van der Waals surface area contributed by atoms with Gasteiger partial charge in [-0.05, 0) is 35.9 Å². The maximum absolute atomic E-state index is 13.6. The van der Waals surface area contributed by atoms with E-state index >= 15 is 0 Å². The van der Waals surface area contributed by atoms with Gasteiger partial charge in [0.1, 0.15) is 11.6 Å². The Morgan fingerprint density at radius 3 is 2.63 bits per heavy atom. The Balaban J connectivity index is 2.01. The van der Waals surface area contributed by atoms with Gasteiger partial charge < -0.3 is 4.57 Å². The monoisotopic (exact) mass is 277 g/mol. The topological polar surface area (TPSA) is 4.93 Å². The lowest BCUT2D eigenvalue weighted by Gasteiger charge is -2.06. The highest BCUT2D eigenvalue weighted by molar-refractivity contribution is 6.30. The van der Waals surface area contributed by atoms with E-state index in [0.29, 0.717) is 11.9 Å². The van der Waals surface area contributed by atoms with Crippen molar-refractivity contribution in [1.82, 2.24) is 4.57 Å². The molecule has 0 saturated carbocycles. The molecule has 1 nitrogen and oxygen atoms in total. The van der Waals surface area contributed by atoms with Crippen LogP contribution in [-0.4, -0.2) is 4.57 Å². The van der Waals surface area contributed by atoms with Gasteiger partial charge >= 0.3 is 0 Å². The van der Waals surface area contributed by atoms with E-state index in [0.717, 1.165) is 11.1 Å². The van der Waals surface area contributed by atoms with Crippen LogP contribution in [0.3, 0.4) is 0 Å². The fourth-order valence-corrected chi connectivity index (χ4v) is 2.28. The van der Waals surface area contributed by atoms with Crippen LogP contribution in [0.1, 0.15) is 5.56 Å². The average Bonchev–Trinajstić information content (AvgIpc) is 2.79. The van der Waals surface area contributed by atoms with Crippen molar-refractivity contribution in [2.75, 3.05) is 0 Å². The summed E-state index contributed by atoms with van der Waals surface area (Å²) in [6, 6.07) is 11.3. The quantitative estimate of drug-likeness (QED) is 0.644. The lowest BCUT2D eigenvalue weighted by Crippen LogP contribution is -1.98. The molecule has 0 fully saturated rings. The lowest BCUT2D eigenvalue weighted by atomic mass is 10.2. The molecule has 0 radical (unpaired) electrons. The van der Waals surface area contributed by atoms with Crippen LogP contribution in [0, 0.1) is 11.6 Å². The lowest BCUT2D eigenvalue weighted by molar-refractivity contribution is 0.624. The van der Waals surface area contributed by atoms with E-state index in [1.807, 2.05) is 10.6 Å². The van der Waals surface area contributed by atoms with Gasteiger partial charge in [-0.2, -0.15) is 0 Å². The molecular formula is C15H10ClF2N. The van der Waals surface area contributed by atoms with Crippen LogP contribution in [0.25, 0.3) is 10.9 Å². The molecule has 0 aliphatic rings. The highest BCUT2D eigenvalue weighted by atomic mass is 35.5. The summed E-state index contributed by atoms with van der Waals surface area (Å²) in [5.41, 5.74) is 1.57. The first-order valence-electron chi connectivity index (χ1n) is 5.82. The van der Waals surface area contributed by atoms with Gasteiger partial charge in [-0.3, -0.25) is 0 Å². The van der Waals surface area contributed by atoms with Gasteiger partial charge in [0.15, 0.2) is 0 Å². The molecule has 0 amide bonds. The maximum atomic E-state index is 13.6. The Morgan fingerprint density at radius 1 is 1.00 bits per heavy atom. The summed E-state index contributed by atoms with van der Waals surface area (Å²) < 4.78 is 28.8. The van der Waals surface area contributed by atoms with E-state index in [4.69, 9.17) is 11.6 Å². The van der Waals surface area contributed by atoms with Crippen molar-refractivity contribution >= 4 is 22.5 Å². The summed E-state index contributed by atoms with van der Waals surface area (Å²) in [5.74, 6) is -0.694. The summed E-state index contributed by atoms with van der Waals surface area (Å²) in [6.07, 6.45) is 1.79. The molecule has 0 aliphatic carbocycles. The number of nitrogens with zero attached hydrogens (tertiary/aromatic N) is 1. The second-order valence-corrected chi connectivity index (χ2v) is 4.77. The molecule has 0 atom stereocenters. The van der Waals surface area contributed by atoms with Crippen LogP contribution in [-0.2, 0) is 6.54 Å². The minimum Gasteiger partial charge on any atom is -0.343 e. The number of aromatic nitrogens is 1. The molecule has 0 aliphatic heterocycles. The molecule has 0 N–H and O–H groups in total. The number of benzene rings is 2. The predicted molar refractivity (Wildman–Crippen MR) is 72.4 cm³/mol. The second kappa shape index (κ2) is 4.67. The molecule has 2 aromatic carbocycles. The number of hydrogen-bond donors (Lipinski definition) is 0. The molecule has 3 aromatic rings. The molecule has 0 unspecified atom stereocenters. The zero-order chi connectivity index (χ0) is 13.4. The number of rotatable bonds is 2. The Kier molecular flexibility index (Phi) is 2.99. The SMILES string of the molecule is Fc1cc(Cn2ccc3c(F)cccc32)ccc1Cl. The zero-order valence-electron chi connectivity index (χ0n) is 9.91. The zero-order valence-corrected chi connectivity index (χ0v) is 10.7. The van der Waals surface area contributed by atoms with Crippen molar-refractivity contribution in [3.63, 3.8) is 0 Å². The highest BCUT2D eigenvalue weighted by Crippen LogP contribution is 2.21. The van der Waals surface area contributed by atoms with Crippen molar-refractivity contribution in [1.29, 1.82) is 0 Å². The molecule has 1 aromatic heterocycles. The Hall–Kier alpha value is -1.87. The van der Waals surface area contributed by atoms with E-state index < -0.39 is 5.82 Å². The molecular weight excluding hydrogens is 268 g/mol. The van der Waals surface area contributed by atoms with Crippen molar-refractivity contribution in [3.8, 4) is 0 Å². The molecule has 0 bridgehead atoms. The van der Waals surface area contributed by atoms with Crippen molar-refractivity contribution in [3.05, 3.63) is 70.9 Å². The largest absolute Gasteiger partial charge is 0.343 e.